The van der Waals surface area contributed by atoms with Crippen molar-refractivity contribution >= 4 is 0 Å². The van der Waals surface area contributed by atoms with Crippen molar-refractivity contribution in [3.63, 3.8) is 0 Å². The molecule has 1 aromatic rings. The maximum absolute atomic E-state index is 12.5. The molecule has 0 aliphatic carbocycles. The molecular formula is C19H30F2N2O2. The molecule has 0 amide bonds. The van der Waals surface area contributed by atoms with Crippen LogP contribution in [0.4, 0.5) is 8.78 Å². The van der Waals surface area contributed by atoms with Gasteiger partial charge in [0.2, 0.25) is 0 Å². The quantitative estimate of drug-likeness (QED) is 0.774. The second kappa shape index (κ2) is 9.46. The lowest BCUT2D eigenvalue weighted by Gasteiger charge is -2.37. The fourth-order valence-electron chi connectivity index (χ4n) is 3.48. The van der Waals surface area contributed by atoms with Gasteiger partial charge in [0.15, 0.2) is 0 Å². The van der Waals surface area contributed by atoms with Crippen molar-refractivity contribution in [2.45, 2.75) is 46.9 Å². The van der Waals surface area contributed by atoms with Gasteiger partial charge in [0.1, 0.15) is 5.75 Å². The van der Waals surface area contributed by atoms with E-state index < -0.39 is 6.61 Å². The van der Waals surface area contributed by atoms with Crippen LogP contribution in [0.2, 0.25) is 0 Å². The summed E-state index contributed by atoms with van der Waals surface area (Å²) in [5.74, 6) is 0.836. The molecule has 0 bridgehead atoms. The Kier molecular flexibility index (Phi) is 7.59. The molecular weight excluding hydrogens is 326 g/mol. The van der Waals surface area contributed by atoms with Crippen LogP contribution in [0.15, 0.2) is 12.1 Å². The van der Waals surface area contributed by atoms with Crippen molar-refractivity contribution in [1.29, 1.82) is 0 Å². The molecule has 1 aliphatic rings. The molecule has 1 N–H and O–H groups in total. The summed E-state index contributed by atoms with van der Waals surface area (Å²) in [5, 5.41) is 3.52. The first-order valence-electron chi connectivity index (χ1n) is 8.96. The molecule has 1 aromatic carbocycles. The molecule has 6 heteroatoms. The lowest BCUT2D eigenvalue weighted by molar-refractivity contribution is -0.0507. The molecule has 0 aromatic heterocycles. The van der Waals surface area contributed by atoms with Crippen molar-refractivity contribution in [1.82, 2.24) is 10.2 Å². The summed E-state index contributed by atoms with van der Waals surface area (Å²) in [5.41, 5.74) is 2.57. The van der Waals surface area contributed by atoms with E-state index in [1.54, 1.807) is 13.8 Å². The molecule has 1 aliphatic heterocycles. The second-order valence-electron chi connectivity index (χ2n) is 7.03. The Balaban J connectivity index is 1.93. The minimum absolute atomic E-state index is 0.284. The van der Waals surface area contributed by atoms with Gasteiger partial charge in [-0.05, 0) is 36.5 Å². The summed E-state index contributed by atoms with van der Waals surface area (Å²) in [6.45, 7) is 10.5. The number of benzene rings is 1. The van der Waals surface area contributed by atoms with Crippen molar-refractivity contribution in [2.75, 3.05) is 32.8 Å². The average molecular weight is 356 g/mol. The molecule has 1 fully saturated rings. The smallest absolute Gasteiger partial charge is 0.387 e. The minimum Gasteiger partial charge on any atom is -0.434 e. The number of hydrogen-bond acceptors (Lipinski definition) is 4. The topological polar surface area (TPSA) is 33.7 Å². The third kappa shape index (κ3) is 5.90. The van der Waals surface area contributed by atoms with E-state index >= 15 is 0 Å². The predicted octanol–water partition coefficient (Wildman–Crippen LogP) is 3.35. The van der Waals surface area contributed by atoms with Crippen molar-refractivity contribution in [3.05, 3.63) is 28.8 Å². The Bertz CT molecular complexity index is 523. The van der Waals surface area contributed by atoms with Crippen LogP contribution in [0.25, 0.3) is 0 Å². The number of morpholine rings is 1. The summed E-state index contributed by atoms with van der Waals surface area (Å²) in [6, 6.07) is 4.29. The highest BCUT2D eigenvalue weighted by Crippen LogP contribution is 2.26. The Hall–Kier alpha value is -1.24. The van der Waals surface area contributed by atoms with Gasteiger partial charge in [0.25, 0.3) is 0 Å². The molecule has 0 saturated carbocycles. The molecule has 1 heterocycles. The zero-order valence-electron chi connectivity index (χ0n) is 15.6. The summed E-state index contributed by atoms with van der Waals surface area (Å²) in [7, 11) is 0. The third-order valence-corrected chi connectivity index (χ3v) is 4.69. The summed E-state index contributed by atoms with van der Waals surface area (Å²) >= 11 is 0. The van der Waals surface area contributed by atoms with E-state index in [2.05, 4.69) is 28.8 Å². The monoisotopic (exact) mass is 356 g/mol. The fraction of sp³-hybridized carbons (Fsp3) is 0.684. The van der Waals surface area contributed by atoms with Gasteiger partial charge in [-0.1, -0.05) is 26.0 Å². The maximum Gasteiger partial charge on any atom is 0.387 e. The lowest BCUT2D eigenvalue weighted by atomic mass is 10.0. The van der Waals surface area contributed by atoms with Gasteiger partial charge in [0.05, 0.1) is 13.2 Å². The lowest BCUT2D eigenvalue weighted by Crippen LogP contribution is -2.50. The number of hydrogen-bond donors (Lipinski definition) is 1. The first-order chi connectivity index (χ1) is 11.9. The first-order valence-corrected chi connectivity index (χ1v) is 8.96. The first kappa shape index (κ1) is 20.1. The van der Waals surface area contributed by atoms with E-state index in [1.807, 2.05) is 12.1 Å². The summed E-state index contributed by atoms with van der Waals surface area (Å²) in [4.78, 5) is 2.48. The van der Waals surface area contributed by atoms with Crippen molar-refractivity contribution in [3.8, 4) is 5.75 Å². The molecule has 1 saturated heterocycles. The fourth-order valence-corrected chi connectivity index (χ4v) is 3.48. The van der Waals surface area contributed by atoms with E-state index in [0.717, 1.165) is 49.5 Å². The van der Waals surface area contributed by atoms with E-state index in [4.69, 9.17) is 4.74 Å². The minimum atomic E-state index is -2.79. The number of nitrogens with one attached hydrogen (secondary N) is 1. The molecule has 0 spiro atoms. The van der Waals surface area contributed by atoms with Crippen molar-refractivity contribution < 1.29 is 18.3 Å². The van der Waals surface area contributed by atoms with E-state index in [9.17, 15) is 8.78 Å². The zero-order chi connectivity index (χ0) is 18.4. The van der Waals surface area contributed by atoms with Crippen LogP contribution in [0.3, 0.4) is 0 Å². The van der Waals surface area contributed by atoms with Gasteiger partial charge in [-0.25, -0.2) is 0 Å². The van der Waals surface area contributed by atoms with E-state index in [-0.39, 0.29) is 5.75 Å². The number of halogens is 2. The van der Waals surface area contributed by atoms with Crippen LogP contribution < -0.4 is 10.1 Å². The highest BCUT2D eigenvalue weighted by atomic mass is 19.3. The number of alkyl halides is 2. The van der Waals surface area contributed by atoms with Crippen LogP contribution in [0, 0.1) is 19.8 Å². The largest absolute Gasteiger partial charge is 0.434 e. The number of ether oxygens (including phenoxy) is 2. The number of aryl methyl sites for hydroxylation is 2. The number of nitrogens with zero attached hydrogens (tertiary/aromatic N) is 1. The van der Waals surface area contributed by atoms with Crippen LogP contribution >= 0.6 is 0 Å². The molecule has 25 heavy (non-hydrogen) atoms. The molecule has 4 nitrogen and oxygen atoms in total. The van der Waals surface area contributed by atoms with Gasteiger partial charge < -0.3 is 14.8 Å². The van der Waals surface area contributed by atoms with Gasteiger partial charge in [-0.2, -0.15) is 8.78 Å². The molecule has 1 atom stereocenters. The highest BCUT2D eigenvalue weighted by molar-refractivity contribution is 5.43. The Labute approximate surface area is 149 Å². The highest BCUT2D eigenvalue weighted by Gasteiger charge is 2.23. The van der Waals surface area contributed by atoms with Crippen LogP contribution in [-0.4, -0.2) is 50.4 Å². The molecule has 142 valence electrons. The van der Waals surface area contributed by atoms with Gasteiger partial charge in [-0.15, -0.1) is 0 Å². The van der Waals surface area contributed by atoms with Crippen LogP contribution in [0.1, 0.15) is 30.5 Å². The number of rotatable bonds is 8. The van der Waals surface area contributed by atoms with E-state index in [0.29, 0.717) is 18.5 Å². The van der Waals surface area contributed by atoms with Gasteiger partial charge in [0, 0.05) is 32.2 Å². The van der Waals surface area contributed by atoms with Gasteiger partial charge >= 0.3 is 6.61 Å². The molecule has 2 rings (SSSR count). The van der Waals surface area contributed by atoms with Crippen molar-refractivity contribution in [2.24, 2.45) is 5.92 Å². The van der Waals surface area contributed by atoms with Gasteiger partial charge in [-0.3, -0.25) is 4.90 Å². The van der Waals surface area contributed by atoms with E-state index in [1.165, 1.54) is 0 Å². The predicted molar refractivity (Wildman–Crippen MR) is 95.3 cm³/mol. The van der Waals surface area contributed by atoms with Crippen LogP contribution in [0.5, 0.6) is 5.75 Å². The standard InChI is InChI=1S/C19H30F2N2O2/c1-13(2)17(23-5-7-24-8-6-23)12-22-11-16-9-14(3)18(15(4)10-16)25-19(20)21/h9-10,13,17,19,22H,5-8,11-12H2,1-4H3. The Morgan fingerprint density at radius 2 is 1.76 bits per heavy atom. The summed E-state index contributed by atoms with van der Waals surface area (Å²) in [6.07, 6.45) is 0. The SMILES string of the molecule is Cc1cc(CNCC(C(C)C)N2CCOCC2)cc(C)c1OC(F)F. The maximum atomic E-state index is 12.5. The molecule has 1 unspecified atom stereocenters. The Morgan fingerprint density at radius 3 is 2.28 bits per heavy atom. The zero-order valence-corrected chi connectivity index (χ0v) is 15.6. The average Bonchev–Trinajstić information content (AvgIpc) is 2.55. The second-order valence-corrected chi connectivity index (χ2v) is 7.03. The van der Waals surface area contributed by atoms with Crippen LogP contribution in [-0.2, 0) is 11.3 Å². The molecule has 0 radical (unpaired) electrons. The Morgan fingerprint density at radius 1 is 1.16 bits per heavy atom. The summed E-state index contributed by atoms with van der Waals surface area (Å²) < 4.78 is 35.0. The normalized spacial score (nSPS) is 17.3. The third-order valence-electron chi connectivity index (χ3n) is 4.69.